The first-order valence-electron chi connectivity index (χ1n) is 13.5. The number of rotatable bonds is 6. The van der Waals surface area contributed by atoms with Crippen LogP contribution in [0.15, 0.2) is 119 Å². The average molecular weight is 647 g/mol. The molecule has 0 atom stereocenters. The summed E-state index contributed by atoms with van der Waals surface area (Å²) in [7, 11) is 0. The van der Waals surface area contributed by atoms with Crippen LogP contribution in [0.4, 0.5) is 16.2 Å². The Balaban J connectivity index is 1.59. The highest BCUT2D eigenvalue weighted by Gasteiger charge is 2.37. The zero-order chi connectivity index (χ0) is 31.0. The molecule has 1 N–H and O–H groups in total. The quantitative estimate of drug-likeness (QED) is 0.0890. The number of nitro groups is 1. The fraction of sp³-hybridized carbons (Fsp3) is 0.0294. The number of anilines is 1. The van der Waals surface area contributed by atoms with Gasteiger partial charge in [-0.15, -0.1) is 0 Å². The summed E-state index contributed by atoms with van der Waals surface area (Å²) in [5.41, 5.74) is 5.03. The number of benzene rings is 4. The minimum absolute atomic E-state index is 0.0526. The number of carbonyl (C=O) groups is 3. The predicted octanol–water partition coefficient (Wildman–Crippen LogP) is 7.46. The molecule has 6 rings (SSSR count). The van der Waals surface area contributed by atoms with Gasteiger partial charge in [0.15, 0.2) is 0 Å². The summed E-state index contributed by atoms with van der Waals surface area (Å²) in [6, 6.07) is 31.2. The molecule has 1 saturated heterocycles. The molecule has 1 aliphatic rings. The molecular formula is C34H23BrN4O5. The van der Waals surface area contributed by atoms with Crippen LogP contribution in [0.25, 0.3) is 34.3 Å². The van der Waals surface area contributed by atoms with E-state index >= 15 is 0 Å². The number of nitrogens with zero attached hydrogens (tertiary/aromatic N) is 3. The Morgan fingerprint density at radius 2 is 1.41 bits per heavy atom. The molecule has 4 aromatic carbocycles. The maximum atomic E-state index is 13.8. The third-order valence-corrected chi connectivity index (χ3v) is 8.16. The molecule has 1 aliphatic heterocycles. The van der Waals surface area contributed by atoms with Gasteiger partial charge >= 0.3 is 6.03 Å². The van der Waals surface area contributed by atoms with Crippen LogP contribution in [0.3, 0.4) is 0 Å². The highest BCUT2D eigenvalue weighted by molar-refractivity contribution is 9.10. The van der Waals surface area contributed by atoms with Crippen LogP contribution < -0.4 is 10.2 Å². The first-order chi connectivity index (χ1) is 21.2. The second-order valence-corrected chi connectivity index (χ2v) is 10.9. The van der Waals surface area contributed by atoms with Crippen molar-refractivity contribution < 1.29 is 19.3 Å². The molecule has 5 aromatic rings. The third-order valence-electron chi connectivity index (χ3n) is 7.27. The van der Waals surface area contributed by atoms with Gasteiger partial charge in [-0.3, -0.25) is 25.0 Å². The molecule has 0 bridgehead atoms. The molecule has 4 amide bonds. The Hall–Kier alpha value is -5.61. The van der Waals surface area contributed by atoms with Gasteiger partial charge in [-0.2, -0.15) is 0 Å². The van der Waals surface area contributed by atoms with E-state index in [0.29, 0.717) is 22.6 Å². The van der Waals surface area contributed by atoms with Crippen molar-refractivity contribution >= 4 is 51.2 Å². The number of amides is 4. The van der Waals surface area contributed by atoms with Gasteiger partial charge in [0.25, 0.3) is 17.5 Å². The average Bonchev–Trinajstić information content (AvgIpc) is 3.41. The van der Waals surface area contributed by atoms with E-state index in [2.05, 4.69) is 21.2 Å². The zero-order valence-corrected chi connectivity index (χ0v) is 24.8. The second kappa shape index (κ2) is 11.6. The number of urea groups is 1. The van der Waals surface area contributed by atoms with Gasteiger partial charge in [0, 0.05) is 27.9 Å². The summed E-state index contributed by atoms with van der Waals surface area (Å²) in [6.45, 7) is 1.83. The smallest absolute Gasteiger partial charge is 0.309 e. The first kappa shape index (κ1) is 28.5. The van der Waals surface area contributed by atoms with Gasteiger partial charge in [0.05, 0.1) is 22.0 Å². The van der Waals surface area contributed by atoms with Crippen molar-refractivity contribution in [2.24, 2.45) is 0 Å². The summed E-state index contributed by atoms with van der Waals surface area (Å²) in [6.07, 6.45) is 1.49. The first-order valence-corrected chi connectivity index (χ1v) is 14.3. The van der Waals surface area contributed by atoms with Gasteiger partial charge in [-0.05, 0) is 66.1 Å². The fourth-order valence-electron chi connectivity index (χ4n) is 5.16. The Morgan fingerprint density at radius 3 is 2.02 bits per heavy atom. The number of hydrogen-bond acceptors (Lipinski definition) is 5. The molecule has 2 heterocycles. The van der Waals surface area contributed by atoms with Crippen molar-refractivity contribution in [1.82, 2.24) is 9.88 Å². The van der Waals surface area contributed by atoms with Crippen molar-refractivity contribution in [3.8, 4) is 28.2 Å². The maximum Gasteiger partial charge on any atom is 0.335 e. The molecule has 0 unspecified atom stereocenters. The standard InChI is InChI=1S/C34H23BrN4O5/c1-21-18-27(16-17-29(21)35)38-33(41)28(32(40)36-34(38)42)19-24-20-30(22-8-4-2-5-9-22)37(31(24)23-10-6-3-7-11-23)25-12-14-26(15-13-25)39(43)44/h2-20H,1H3,(H,36,40,42)/b28-19-. The summed E-state index contributed by atoms with van der Waals surface area (Å²) < 4.78 is 2.75. The number of non-ortho nitro benzene ring substituents is 1. The van der Waals surface area contributed by atoms with Gasteiger partial charge in [-0.1, -0.05) is 76.6 Å². The lowest BCUT2D eigenvalue weighted by atomic mass is 10.0. The van der Waals surface area contributed by atoms with E-state index < -0.39 is 22.8 Å². The lowest BCUT2D eigenvalue weighted by molar-refractivity contribution is -0.384. The summed E-state index contributed by atoms with van der Waals surface area (Å²) >= 11 is 3.43. The minimum Gasteiger partial charge on any atom is -0.309 e. The van der Waals surface area contributed by atoms with Crippen molar-refractivity contribution in [2.45, 2.75) is 6.92 Å². The highest BCUT2D eigenvalue weighted by Crippen LogP contribution is 2.38. The largest absolute Gasteiger partial charge is 0.335 e. The number of halogens is 1. The number of hydrogen-bond donors (Lipinski definition) is 1. The monoisotopic (exact) mass is 646 g/mol. The van der Waals surface area contributed by atoms with E-state index in [1.807, 2.05) is 78.2 Å². The highest BCUT2D eigenvalue weighted by atomic mass is 79.9. The molecule has 1 fully saturated rings. The van der Waals surface area contributed by atoms with Gasteiger partial charge in [0.2, 0.25) is 0 Å². The molecule has 44 heavy (non-hydrogen) atoms. The Labute approximate surface area is 260 Å². The third kappa shape index (κ3) is 5.23. The molecule has 0 saturated carbocycles. The second-order valence-electron chi connectivity index (χ2n) is 10.1. The van der Waals surface area contributed by atoms with E-state index in [-0.39, 0.29) is 11.3 Å². The van der Waals surface area contributed by atoms with E-state index in [1.165, 1.54) is 18.2 Å². The van der Waals surface area contributed by atoms with E-state index in [0.717, 1.165) is 31.8 Å². The van der Waals surface area contributed by atoms with Gasteiger partial charge in [-0.25, -0.2) is 9.69 Å². The lowest BCUT2D eigenvalue weighted by Gasteiger charge is -2.26. The lowest BCUT2D eigenvalue weighted by Crippen LogP contribution is -2.54. The maximum absolute atomic E-state index is 13.8. The van der Waals surface area contributed by atoms with Crippen LogP contribution in [0.5, 0.6) is 0 Å². The van der Waals surface area contributed by atoms with Crippen molar-refractivity contribution in [1.29, 1.82) is 0 Å². The number of carbonyl (C=O) groups excluding carboxylic acids is 3. The van der Waals surface area contributed by atoms with E-state index in [4.69, 9.17) is 0 Å². The molecule has 9 nitrogen and oxygen atoms in total. The number of nitrogens with one attached hydrogen (secondary N) is 1. The topological polar surface area (TPSA) is 115 Å². The van der Waals surface area contributed by atoms with Crippen molar-refractivity contribution in [3.05, 3.63) is 140 Å². The Morgan fingerprint density at radius 1 is 0.795 bits per heavy atom. The molecule has 0 aliphatic carbocycles. The molecule has 10 heteroatoms. The molecule has 0 radical (unpaired) electrons. The molecule has 0 spiro atoms. The Bertz CT molecular complexity index is 1980. The van der Waals surface area contributed by atoms with Gasteiger partial charge < -0.3 is 4.57 Å². The molecule has 216 valence electrons. The number of nitro benzene ring substituents is 1. The van der Waals surface area contributed by atoms with Crippen LogP contribution in [-0.4, -0.2) is 27.3 Å². The van der Waals surface area contributed by atoms with Crippen LogP contribution in [0.2, 0.25) is 0 Å². The zero-order valence-electron chi connectivity index (χ0n) is 23.2. The van der Waals surface area contributed by atoms with Crippen LogP contribution >= 0.6 is 15.9 Å². The molecular weight excluding hydrogens is 624 g/mol. The number of aryl methyl sites for hydroxylation is 1. The summed E-state index contributed by atoms with van der Waals surface area (Å²) in [5, 5.41) is 13.7. The Kier molecular flexibility index (Phi) is 7.50. The number of imide groups is 2. The van der Waals surface area contributed by atoms with Crippen molar-refractivity contribution in [3.63, 3.8) is 0 Å². The van der Waals surface area contributed by atoms with E-state index in [9.17, 15) is 24.5 Å². The summed E-state index contributed by atoms with van der Waals surface area (Å²) in [4.78, 5) is 51.8. The SMILES string of the molecule is Cc1cc(N2C(=O)NC(=O)/C(=C/c3cc(-c4ccccc4)n(-c4ccc([N+](=O)[O-])cc4)c3-c3ccccc3)C2=O)ccc1Br. The summed E-state index contributed by atoms with van der Waals surface area (Å²) in [5.74, 6) is -1.57. The van der Waals surface area contributed by atoms with Crippen LogP contribution in [0, 0.1) is 17.0 Å². The minimum atomic E-state index is -0.837. The van der Waals surface area contributed by atoms with E-state index in [1.54, 1.807) is 30.3 Å². The number of barbiturate groups is 1. The fourth-order valence-corrected chi connectivity index (χ4v) is 5.41. The number of aromatic nitrogens is 1. The van der Waals surface area contributed by atoms with Gasteiger partial charge in [0.1, 0.15) is 5.57 Å². The normalized spacial score (nSPS) is 14.2. The van der Waals surface area contributed by atoms with Crippen molar-refractivity contribution in [2.75, 3.05) is 4.90 Å². The van der Waals surface area contributed by atoms with Crippen LogP contribution in [0.1, 0.15) is 11.1 Å². The van der Waals surface area contributed by atoms with Crippen LogP contribution in [-0.2, 0) is 9.59 Å². The predicted molar refractivity (Wildman–Crippen MR) is 171 cm³/mol. The molecule has 1 aromatic heterocycles.